The molecule has 0 aliphatic rings. The Morgan fingerprint density at radius 2 is 1.81 bits per heavy atom. The summed E-state index contributed by atoms with van der Waals surface area (Å²) in [4.78, 5) is 12.2. The van der Waals surface area contributed by atoms with Gasteiger partial charge in [0.1, 0.15) is 6.61 Å². The van der Waals surface area contributed by atoms with Crippen molar-refractivity contribution in [1.29, 1.82) is 0 Å². The summed E-state index contributed by atoms with van der Waals surface area (Å²) in [7, 11) is 1.63. The van der Waals surface area contributed by atoms with Gasteiger partial charge in [-0.15, -0.1) is 0 Å². The van der Waals surface area contributed by atoms with E-state index in [-0.39, 0.29) is 18.9 Å². The van der Waals surface area contributed by atoms with E-state index in [1.54, 1.807) is 7.11 Å². The molecule has 0 radical (unpaired) electrons. The molecule has 0 saturated carbocycles. The maximum atomic E-state index is 12.2. The Labute approximate surface area is 162 Å². The Morgan fingerprint density at radius 3 is 2.52 bits per heavy atom. The number of fused-ring (bicyclic) bond motifs is 1. The van der Waals surface area contributed by atoms with E-state index in [2.05, 4.69) is 37.3 Å². The lowest BCUT2D eigenvalue weighted by Crippen LogP contribution is -2.28. The van der Waals surface area contributed by atoms with Crippen LogP contribution in [0.15, 0.2) is 42.5 Å². The minimum Gasteiger partial charge on any atom is -0.463 e. The van der Waals surface area contributed by atoms with Crippen LogP contribution in [0.5, 0.6) is 0 Å². The summed E-state index contributed by atoms with van der Waals surface area (Å²) in [5, 5.41) is 2.42. The Bertz CT molecular complexity index is 723. The fraction of sp³-hybridized carbons (Fsp3) is 0.522. The van der Waals surface area contributed by atoms with Gasteiger partial charge in [-0.25, -0.2) is 0 Å². The molecule has 0 fully saturated rings. The number of methoxy groups -OCH3 is 1. The number of hydrogen-bond acceptors (Lipinski definition) is 4. The average molecular weight is 373 g/mol. The van der Waals surface area contributed by atoms with Crippen LogP contribution < -0.4 is 0 Å². The highest BCUT2D eigenvalue weighted by Gasteiger charge is 2.28. The van der Waals surface area contributed by atoms with Gasteiger partial charge in [0.2, 0.25) is 0 Å². The van der Waals surface area contributed by atoms with Crippen LogP contribution in [0.1, 0.15) is 45.6 Å². The predicted molar refractivity (Wildman–Crippen MR) is 109 cm³/mol. The summed E-state index contributed by atoms with van der Waals surface area (Å²) >= 11 is 0. The monoisotopic (exact) mass is 372 g/mol. The van der Waals surface area contributed by atoms with E-state index in [9.17, 15) is 4.79 Å². The van der Waals surface area contributed by atoms with E-state index >= 15 is 0 Å². The number of rotatable bonds is 11. The Morgan fingerprint density at radius 1 is 1.07 bits per heavy atom. The number of carbonyl (C=O) groups is 1. The smallest absolute Gasteiger partial charge is 0.311 e. The van der Waals surface area contributed by atoms with Crippen LogP contribution in [0.3, 0.4) is 0 Å². The first-order chi connectivity index (χ1) is 13.0. The second-order valence-electron chi connectivity index (χ2n) is 7.55. The van der Waals surface area contributed by atoms with Crippen LogP contribution in [0.2, 0.25) is 0 Å². The molecule has 2 rings (SSSR count). The highest BCUT2D eigenvalue weighted by Crippen LogP contribution is 2.25. The number of esters is 1. The largest absolute Gasteiger partial charge is 0.463 e. The molecule has 0 amide bonds. The van der Waals surface area contributed by atoms with E-state index < -0.39 is 5.41 Å². The fourth-order valence-corrected chi connectivity index (χ4v) is 3.00. The maximum Gasteiger partial charge on any atom is 0.311 e. The molecule has 2 aromatic rings. The molecular formula is C23H32O4. The number of benzene rings is 2. The van der Waals surface area contributed by atoms with Crippen molar-refractivity contribution < 1.29 is 19.0 Å². The lowest BCUT2D eigenvalue weighted by molar-refractivity contribution is -0.163. The summed E-state index contributed by atoms with van der Waals surface area (Å²) in [6.45, 7) is 6.55. The molecule has 0 aliphatic heterocycles. The Hall–Kier alpha value is -1.91. The molecule has 0 aliphatic carbocycles. The first-order valence-corrected chi connectivity index (χ1v) is 9.75. The van der Waals surface area contributed by atoms with Crippen LogP contribution >= 0.6 is 0 Å². The number of ether oxygens (including phenoxy) is 3. The predicted octanol–water partition coefficient (Wildman–Crippen LogP) is 5.13. The van der Waals surface area contributed by atoms with Crippen LogP contribution in [-0.2, 0) is 25.4 Å². The van der Waals surface area contributed by atoms with E-state index in [1.807, 2.05) is 26.0 Å². The van der Waals surface area contributed by atoms with Crippen LogP contribution in [-0.4, -0.2) is 32.6 Å². The Balaban J connectivity index is 1.78. The molecule has 4 heteroatoms. The van der Waals surface area contributed by atoms with Crippen LogP contribution in [0.4, 0.5) is 0 Å². The maximum absolute atomic E-state index is 12.2. The molecule has 1 unspecified atom stereocenters. The first kappa shape index (κ1) is 21.4. The van der Waals surface area contributed by atoms with E-state index in [0.29, 0.717) is 13.0 Å². The molecular weight excluding hydrogens is 340 g/mol. The average Bonchev–Trinajstić information content (AvgIpc) is 2.68. The normalized spacial score (nSPS) is 12.9. The molecule has 148 valence electrons. The van der Waals surface area contributed by atoms with Gasteiger partial charge in [0.15, 0.2) is 6.29 Å². The zero-order valence-corrected chi connectivity index (χ0v) is 17.0. The van der Waals surface area contributed by atoms with Crippen molar-refractivity contribution in [1.82, 2.24) is 0 Å². The van der Waals surface area contributed by atoms with Gasteiger partial charge in [0.05, 0.1) is 12.0 Å². The standard InChI is InChI=1S/C23H32O4/c1-5-6-13-23(2,3)22(24)27-15-14-26-21(25-4)17-18-11-12-19-9-7-8-10-20(19)16-18/h7-12,16,21H,5-6,13-15,17H2,1-4H3. The molecule has 0 aromatic heterocycles. The van der Waals surface area contributed by atoms with Crippen molar-refractivity contribution in [3.63, 3.8) is 0 Å². The van der Waals surface area contributed by atoms with Gasteiger partial charge in [0.25, 0.3) is 0 Å². The minimum atomic E-state index is -0.443. The third kappa shape index (κ3) is 6.64. The number of hydrogen-bond donors (Lipinski definition) is 0. The summed E-state index contributed by atoms with van der Waals surface area (Å²) < 4.78 is 16.6. The lowest BCUT2D eigenvalue weighted by atomic mass is 9.87. The summed E-state index contributed by atoms with van der Waals surface area (Å²) in [6, 6.07) is 14.6. The minimum absolute atomic E-state index is 0.164. The van der Waals surface area contributed by atoms with Crippen molar-refractivity contribution in [2.45, 2.75) is 52.7 Å². The summed E-state index contributed by atoms with van der Waals surface area (Å²) in [5.41, 5.74) is 0.708. The van der Waals surface area contributed by atoms with Gasteiger partial charge in [0, 0.05) is 13.5 Å². The van der Waals surface area contributed by atoms with Crippen molar-refractivity contribution >= 4 is 16.7 Å². The highest BCUT2D eigenvalue weighted by molar-refractivity contribution is 5.83. The fourth-order valence-electron chi connectivity index (χ4n) is 3.00. The van der Waals surface area contributed by atoms with E-state index in [1.165, 1.54) is 10.8 Å². The van der Waals surface area contributed by atoms with Crippen molar-refractivity contribution in [3.8, 4) is 0 Å². The molecule has 0 N–H and O–H groups in total. The molecule has 0 spiro atoms. The van der Waals surface area contributed by atoms with Crippen LogP contribution in [0, 0.1) is 5.41 Å². The lowest BCUT2D eigenvalue weighted by Gasteiger charge is -2.22. The Kier molecular flexibility index (Phi) is 8.26. The zero-order chi connectivity index (χ0) is 19.7. The molecule has 2 aromatic carbocycles. The molecule has 27 heavy (non-hydrogen) atoms. The van der Waals surface area contributed by atoms with Crippen molar-refractivity contribution in [2.24, 2.45) is 5.41 Å². The third-order valence-corrected chi connectivity index (χ3v) is 4.81. The van der Waals surface area contributed by atoms with Crippen molar-refractivity contribution in [2.75, 3.05) is 20.3 Å². The SMILES string of the molecule is CCCCC(C)(C)C(=O)OCCOC(Cc1ccc2ccccc2c1)OC. The quantitative estimate of drug-likeness (QED) is 0.312. The van der Waals surface area contributed by atoms with E-state index in [0.717, 1.165) is 24.8 Å². The molecule has 0 saturated heterocycles. The van der Waals surface area contributed by atoms with Gasteiger partial charge in [-0.3, -0.25) is 4.79 Å². The van der Waals surface area contributed by atoms with Crippen LogP contribution in [0.25, 0.3) is 10.8 Å². The highest BCUT2D eigenvalue weighted by atomic mass is 16.7. The summed E-state index contributed by atoms with van der Waals surface area (Å²) in [6.07, 6.45) is 3.22. The van der Waals surface area contributed by atoms with Crippen molar-refractivity contribution in [3.05, 3.63) is 48.0 Å². The second-order valence-corrected chi connectivity index (χ2v) is 7.55. The topological polar surface area (TPSA) is 44.8 Å². The van der Waals surface area contributed by atoms with Gasteiger partial charge in [-0.05, 0) is 36.6 Å². The first-order valence-electron chi connectivity index (χ1n) is 9.75. The van der Waals surface area contributed by atoms with Gasteiger partial charge in [-0.1, -0.05) is 62.2 Å². The summed E-state index contributed by atoms with van der Waals surface area (Å²) in [5.74, 6) is -0.164. The van der Waals surface area contributed by atoms with E-state index in [4.69, 9.17) is 14.2 Å². The molecule has 0 bridgehead atoms. The molecule has 0 heterocycles. The molecule has 1 atom stereocenters. The van der Waals surface area contributed by atoms with Gasteiger partial charge in [-0.2, -0.15) is 0 Å². The second kappa shape index (κ2) is 10.4. The van der Waals surface area contributed by atoms with Gasteiger partial charge >= 0.3 is 5.97 Å². The number of carbonyl (C=O) groups excluding carboxylic acids is 1. The van der Waals surface area contributed by atoms with Gasteiger partial charge < -0.3 is 14.2 Å². The number of unbranched alkanes of at least 4 members (excludes halogenated alkanes) is 1. The zero-order valence-electron chi connectivity index (χ0n) is 17.0. The molecule has 4 nitrogen and oxygen atoms in total. The third-order valence-electron chi connectivity index (χ3n) is 4.81.